The maximum Gasteiger partial charge on any atom is 0.312 e. The number of hydrogen-bond acceptors (Lipinski definition) is 4. The van der Waals surface area contributed by atoms with Crippen LogP contribution in [0.3, 0.4) is 0 Å². The molecule has 116 valence electrons. The van der Waals surface area contributed by atoms with Crippen molar-refractivity contribution in [2.45, 2.75) is 32.6 Å². The average molecular weight is 300 g/mol. The Kier molecular flexibility index (Phi) is 5.16. The van der Waals surface area contributed by atoms with Crippen LogP contribution in [0.25, 0.3) is 0 Å². The summed E-state index contributed by atoms with van der Waals surface area (Å²) >= 11 is 0. The van der Waals surface area contributed by atoms with E-state index in [1.54, 1.807) is 11.0 Å². The lowest BCUT2D eigenvalue weighted by atomic mass is 9.96. The summed E-state index contributed by atoms with van der Waals surface area (Å²) in [5.41, 5.74) is 1.99. The number of anilines is 1. The van der Waals surface area contributed by atoms with Crippen LogP contribution in [0.15, 0.2) is 24.3 Å². The molecule has 0 radical (unpaired) electrons. The summed E-state index contributed by atoms with van der Waals surface area (Å²) in [6.45, 7) is 4.27. The Morgan fingerprint density at radius 2 is 2.23 bits per heavy atom. The highest BCUT2D eigenvalue weighted by Crippen LogP contribution is 2.33. The van der Waals surface area contributed by atoms with Gasteiger partial charge in [0.2, 0.25) is 5.91 Å². The molecule has 0 bridgehead atoms. The monoisotopic (exact) mass is 300 g/mol. The fourth-order valence-corrected chi connectivity index (χ4v) is 2.69. The number of esters is 1. The second kappa shape index (κ2) is 7.08. The van der Waals surface area contributed by atoms with Gasteiger partial charge in [0.15, 0.2) is 6.61 Å². The number of benzene rings is 1. The first-order chi connectivity index (χ1) is 10.6. The molecular weight excluding hydrogens is 280 g/mol. The zero-order valence-electron chi connectivity index (χ0n) is 12.9. The van der Waals surface area contributed by atoms with Crippen molar-refractivity contribution in [3.8, 4) is 6.07 Å². The third-order valence-electron chi connectivity index (χ3n) is 4.11. The van der Waals surface area contributed by atoms with Crippen molar-refractivity contribution < 1.29 is 14.3 Å². The number of nitriles is 1. The number of para-hydroxylation sites is 1. The summed E-state index contributed by atoms with van der Waals surface area (Å²) in [6.07, 6.45) is 1.12. The van der Waals surface area contributed by atoms with E-state index < -0.39 is 11.9 Å². The van der Waals surface area contributed by atoms with Crippen LogP contribution >= 0.6 is 0 Å². The Hall–Kier alpha value is -2.35. The summed E-state index contributed by atoms with van der Waals surface area (Å²) in [6, 6.07) is 9.57. The molecule has 22 heavy (non-hydrogen) atoms. The van der Waals surface area contributed by atoms with Crippen LogP contribution in [-0.4, -0.2) is 25.0 Å². The van der Waals surface area contributed by atoms with Crippen LogP contribution in [0, 0.1) is 17.2 Å². The highest BCUT2D eigenvalue weighted by atomic mass is 16.5. The number of carbonyl (C=O) groups is 2. The first-order valence-electron chi connectivity index (χ1n) is 7.51. The number of rotatable bonds is 5. The third-order valence-corrected chi connectivity index (χ3v) is 4.11. The average Bonchev–Trinajstić information content (AvgIpc) is 2.93. The first-order valence-corrected chi connectivity index (χ1v) is 7.51. The summed E-state index contributed by atoms with van der Waals surface area (Å²) in [5, 5.41) is 8.46. The molecule has 0 aromatic heterocycles. The van der Waals surface area contributed by atoms with Gasteiger partial charge >= 0.3 is 5.97 Å². The highest BCUT2D eigenvalue weighted by molar-refractivity contribution is 6.00. The van der Waals surface area contributed by atoms with Gasteiger partial charge in [-0.15, -0.1) is 0 Å². The third kappa shape index (κ3) is 3.28. The normalized spacial score (nSPS) is 18.9. The number of carbonyl (C=O) groups excluding carboxylic acids is 2. The molecule has 1 aliphatic heterocycles. The molecule has 0 spiro atoms. The van der Waals surface area contributed by atoms with Crippen LogP contribution in [-0.2, 0) is 14.3 Å². The number of nitrogens with zero attached hydrogens (tertiary/aromatic N) is 2. The van der Waals surface area contributed by atoms with Gasteiger partial charge in [-0.25, -0.2) is 0 Å². The molecule has 1 aliphatic rings. The van der Waals surface area contributed by atoms with Gasteiger partial charge in [-0.1, -0.05) is 32.0 Å². The second-order valence-corrected chi connectivity index (χ2v) is 5.54. The lowest BCUT2D eigenvalue weighted by Crippen LogP contribution is -2.27. The maximum absolute atomic E-state index is 12.3. The van der Waals surface area contributed by atoms with Gasteiger partial charge in [0.05, 0.1) is 5.92 Å². The van der Waals surface area contributed by atoms with Crippen molar-refractivity contribution in [1.29, 1.82) is 5.26 Å². The zero-order valence-corrected chi connectivity index (χ0v) is 12.9. The number of ether oxygens (including phenoxy) is 1. The Balaban J connectivity index is 2.19. The van der Waals surface area contributed by atoms with Gasteiger partial charge in [0.1, 0.15) is 6.07 Å². The van der Waals surface area contributed by atoms with Gasteiger partial charge in [-0.2, -0.15) is 5.26 Å². The van der Waals surface area contributed by atoms with E-state index in [1.165, 1.54) is 0 Å². The molecule has 1 heterocycles. The Morgan fingerprint density at radius 3 is 2.91 bits per heavy atom. The molecule has 5 nitrogen and oxygen atoms in total. The van der Waals surface area contributed by atoms with Crippen LogP contribution in [0.5, 0.6) is 0 Å². The van der Waals surface area contributed by atoms with E-state index in [-0.39, 0.29) is 18.9 Å². The standard InChI is InChI=1S/C17H20N2O3/c1-3-12(2)14-6-4-5-7-15(14)19-11-13(10-16(19)20)17(21)22-9-8-18/h4-7,12-13H,3,9-11H2,1-2H3/t12-,13+/m0/s1. The van der Waals surface area contributed by atoms with Gasteiger partial charge in [0.25, 0.3) is 0 Å². The van der Waals surface area contributed by atoms with E-state index in [0.717, 1.165) is 17.7 Å². The molecule has 0 unspecified atom stereocenters. The van der Waals surface area contributed by atoms with E-state index in [0.29, 0.717) is 12.5 Å². The SMILES string of the molecule is CC[C@H](C)c1ccccc1N1C[C@H](C(=O)OCC#N)CC1=O. The molecule has 0 N–H and O–H groups in total. The molecule has 5 heteroatoms. The van der Waals surface area contributed by atoms with Gasteiger partial charge in [-0.05, 0) is 24.0 Å². The second-order valence-electron chi connectivity index (χ2n) is 5.54. The lowest BCUT2D eigenvalue weighted by molar-refractivity contribution is -0.146. The molecule has 1 fully saturated rings. The van der Waals surface area contributed by atoms with Gasteiger partial charge < -0.3 is 9.64 Å². The van der Waals surface area contributed by atoms with Crippen molar-refractivity contribution >= 4 is 17.6 Å². The highest BCUT2D eigenvalue weighted by Gasteiger charge is 2.37. The minimum Gasteiger partial charge on any atom is -0.450 e. The summed E-state index contributed by atoms with van der Waals surface area (Å²) in [5.74, 6) is -0.701. The molecule has 1 saturated heterocycles. The fraction of sp³-hybridized carbons (Fsp3) is 0.471. The molecule has 2 atom stereocenters. The molecular formula is C17H20N2O3. The Labute approximate surface area is 130 Å². The summed E-state index contributed by atoms with van der Waals surface area (Å²) in [7, 11) is 0. The molecule has 1 aromatic rings. The maximum atomic E-state index is 12.3. The largest absolute Gasteiger partial charge is 0.450 e. The van der Waals surface area contributed by atoms with Crippen LogP contribution in [0.4, 0.5) is 5.69 Å². The van der Waals surface area contributed by atoms with Crippen LogP contribution in [0.1, 0.15) is 38.2 Å². The topological polar surface area (TPSA) is 70.4 Å². The summed E-state index contributed by atoms with van der Waals surface area (Å²) < 4.78 is 4.83. The van der Waals surface area contributed by atoms with Crippen LogP contribution in [0.2, 0.25) is 0 Å². The Bertz CT molecular complexity index is 606. The minimum atomic E-state index is -0.495. The number of hydrogen-bond donors (Lipinski definition) is 0. The smallest absolute Gasteiger partial charge is 0.312 e. The van der Waals surface area contributed by atoms with Crippen molar-refractivity contribution in [3.05, 3.63) is 29.8 Å². The molecule has 1 aromatic carbocycles. The van der Waals surface area contributed by atoms with Crippen LogP contribution < -0.4 is 4.90 Å². The predicted molar refractivity (Wildman–Crippen MR) is 82.2 cm³/mol. The molecule has 0 aliphatic carbocycles. The fourth-order valence-electron chi connectivity index (χ4n) is 2.69. The van der Waals surface area contributed by atoms with E-state index in [4.69, 9.17) is 10.00 Å². The minimum absolute atomic E-state index is 0.0744. The van der Waals surface area contributed by atoms with Crippen molar-refractivity contribution in [2.75, 3.05) is 18.1 Å². The van der Waals surface area contributed by atoms with Crippen molar-refractivity contribution in [3.63, 3.8) is 0 Å². The molecule has 1 amide bonds. The molecule has 2 rings (SSSR count). The Morgan fingerprint density at radius 1 is 1.50 bits per heavy atom. The predicted octanol–water partition coefficient (Wildman–Crippen LogP) is 2.62. The summed E-state index contributed by atoms with van der Waals surface area (Å²) in [4.78, 5) is 25.8. The van der Waals surface area contributed by atoms with Gasteiger partial charge in [-0.3, -0.25) is 9.59 Å². The lowest BCUT2D eigenvalue weighted by Gasteiger charge is -2.23. The van der Waals surface area contributed by atoms with E-state index in [9.17, 15) is 9.59 Å². The molecule has 0 saturated carbocycles. The van der Waals surface area contributed by atoms with Crippen molar-refractivity contribution in [2.24, 2.45) is 5.92 Å². The quantitative estimate of drug-likeness (QED) is 0.784. The van der Waals surface area contributed by atoms with E-state index in [1.807, 2.05) is 24.3 Å². The van der Waals surface area contributed by atoms with E-state index >= 15 is 0 Å². The van der Waals surface area contributed by atoms with Gasteiger partial charge in [0, 0.05) is 18.7 Å². The zero-order chi connectivity index (χ0) is 16.1. The first kappa shape index (κ1) is 16.0. The van der Waals surface area contributed by atoms with Crippen molar-refractivity contribution in [1.82, 2.24) is 0 Å². The van der Waals surface area contributed by atoms with E-state index in [2.05, 4.69) is 13.8 Å². The number of amides is 1.